The molecule has 0 N–H and O–H groups in total. The first-order valence-corrected chi connectivity index (χ1v) is 9.53. The number of oxazole rings is 1. The zero-order chi connectivity index (χ0) is 18.6. The number of aromatic nitrogens is 3. The number of hydrogen-bond donors (Lipinski definition) is 0. The molecule has 0 bridgehead atoms. The number of hydrogen-bond acceptors (Lipinski definition) is 5. The second-order valence-corrected chi connectivity index (χ2v) is 7.02. The lowest BCUT2D eigenvalue weighted by atomic mass is 10.1. The van der Waals surface area contributed by atoms with E-state index in [4.69, 9.17) is 9.15 Å². The summed E-state index contributed by atoms with van der Waals surface area (Å²) in [6.45, 7) is 2.06. The SMILES string of the molecule is COc1cccc(-n2ccnc2SCc2coc(-c3ccc(C)cc3)n2)c1. The minimum absolute atomic E-state index is 0.640. The van der Waals surface area contributed by atoms with Crippen LogP contribution in [0.15, 0.2) is 76.8 Å². The van der Waals surface area contributed by atoms with Crippen LogP contribution in [0.2, 0.25) is 0 Å². The Morgan fingerprint density at radius 2 is 2.00 bits per heavy atom. The van der Waals surface area contributed by atoms with Gasteiger partial charge in [-0.05, 0) is 31.2 Å². The van der Waals surface area contributed by atoms with Crippen molar-refractivity contribution in [3.8, 4) is 22.9 Å². The summed E-state index contributed by atoms with van der Waals surface area (Å²) in [6.07, 6.45) is 5.45. The molecule has 0 atom stereocenters. The first-order valence-electron chi connectivity index (χ1n) is 8.55. The largest absolute Gasteiger partial charge is 0.497 e. The van der Waals surface area contributed by atoms with Crippen LogP contribution in [0, 0.1) is 6.92 Å². The molecule has 0 amide bonds. The highest BCUT2D eigenvalue weighted by Gasteiger charge is 2.10. The van der Waals surface area contributed by atoms with Gasteiger partial charge in [0.15, 0.2) is 5.16 Å². The third kappa shape index (κ3) is 3.90. The van der Waals surface area contributed by atoms with E-state index < -0.39 is 0 Å². The van der Waals surface area contributed by atoms with E-state index in [0.717, 1.165) is 27.9 Å². The average molecular weight is 377 g/mol. The summed E-state index contributed by atoms with van der Waals surface area (Å²) in [4.78, 5) is 9.06. The maximum absolute atomic E-state index is 5.64. The third-order valence-corrected chi connectivity index (χ3v) is 5.14. The summed E-state index contributed by atoms with van der Waals surface area (Å²) in [7, 11) is 1.67. The van der Waals surface area contributed by atoms with Crippen molar-refractivity contribution in [1.29, 1.82) is 0 Å². The van der Waals surface area contributed by atoms with Gasteiger partial charge in [0, 0.05) is 29.8 Å². The number of nitrogens with zero attached hydrogens (tertiary/aromatic N) is 3. The van der Waals surface area contributed by atoms with Crippen LogP contribution in [0.4, 0.5) is 0 Å². The van der Waals surface area contributed by atoms with Gasteiger partial charge in [0.2, 0.25) is 5.89 Å². The molecule has 0 unspecified atom stereocenters. The molecular weight excluding hydrogens is 358 g/mol. The second-order valence-electron chi connectivity index (χ2n) is 6.08. The van der Waals surface area contributed by atoms with E-state index >= 15 is 0 Å². The van der Waals surface area contributed by atoms with Crippen LogP contribution in [0.1, 0.15) is 11.3 Å². The minimum Gasteiger partial charge on any atom is -0.497 e. The lowest BCUT2D eigenvalue weighted by molar-refractivity contribution is 0.414. The maximum atomic E-state index is 5.64. The molecule has 2 aromatic heterocycles. The zero-order valence-corrected chi connectivity index (χ0v) is 15.9. The van der Waals surface area contributed by atoms with Gasteiger partial charge in [-0.15, -0.1) is 0 Å². The number of rotatable bonds is 6. The zero-order valence-electron chi connectivity index (χ0n) is 15.1. The van der Waals surface area contributed by atoms with Crippen LogP contribution >= 0.6 is 11.8 Å². The van der Waals surface area contributed by atoms with Gasteiger partial charge in [-0.1, -0.05) is 35.5 Å². The molecule has 4 aromatic rings. The van der Waals surface area contributed by atoms with E-state index in [-0.39, 0.29) is 0 Å². The monoisotopic (exact) mass is 377 g/mol. The molecule has 2 heterocycles. The van der Waals surface area contributed by atoms with Gasteiger partial charge in [0.25, 0.3) is 0 Å². The highest BCUT2D eigenvalue weighted by Crippen LogP contribution is 2.27. The van der Waals surface area contributed by atoms with Gasteiger partial charge in [-0.2, -0.15) is 0 Å². The number of ether oxygens (including phenoxy) is 1. The topological polar surface area (TPSA) is 53.1 Å². The normalized spacial score (nSPS) is 10.9. The molecular formula is C21H19N3O2S. The lowest BCUT2D eigenvalue weighted by Gasteiger charge is -2.08. The summed E-state index contributed by atoms with van der Waals surface area (Å²) in [5.74, 6) is 2.13. The van der Waals surface area contributed by atoms with Crippen LogP contribution in [-0.2, 0) is 5.75 Å². The number of imidazole rings is 1. The first-order chi connectivity index (χ1) is 13.2. The fourth-order valence-electron chi connectivity index (χ4n) is 2.69. The van der Waals surface area contributed by atoms with Gasteiger partial charge in [0.1, 0.15) is 12.0 Å². The Balaban J connectivity index is 1.49. The predicted octanol–water partition coefficient (Wildman–Crippen LogP) is 5.14. The van der Waals surface area contributed by atoms with Gasteiger partial charge in [-0.3, -0.25) is 4.57 Å². The molecule has 4 rings (SSSR count). The molecule has 0 aliphatic heterocycles. The summed E-state index contributed by atoms with van der Waals surface area (Å²) >= 11 is 1.61. The van der Waals surface area contributed by atoms with Crippen molar-refractivity contribution in [2.45, 2.75) is 17.8 Å². The van der Waals surface area contributed by atoms with E-state index in [1.54, 1.807) is 31.3 Å². The molecule has 2 aromatic carbocycles. The molecule has 0 spiro atoms. The van der Waals surface area contributed by atoms with Gasteiger partial charge in [-0.25, -0.2) is 9.97 Å². The predicted molar refractivity (Wildman–Crippen MR) is 106 cm³/mol. The maximum Gasteiger partial charge on any atom is 0.226 e. The van der Waals surface area contributed by atoms with Gasteiger partial charge >= 0.3 is 0 Å². The molecule has 0 radical (unpaired) electrons. The van der Waals surface area contributed by atoms with Crippen LogP contribution in [0.25, 0.3) is 17.1 Å². The molecule has 0 fully saturated rings. The Morgan fingerprint density at radius 3 is 2.81 bits per heavy atom. The van der Waals surface area contributed by atoms with Crippen molar-refractivity contribution >= 4 is 11.8 Å². The van der Waals surface area contributed by atoms with E-state index in [2.05, 4.69) is 29.0 Å². The standard InChI is InChI=1S/C21H19N3O2S/c1-15-6-8-16(9-7-15)20-23-17(13-26-20)14-27-21-22-10-11-24(21)18-4-3-5-19(12-18)25-2/h3-13H,14H2,1-2H3. The van der Waals surface area contributed by atoms with Crippen molar-refractivity contribution in [2.75, 3.05) is 7.11 Å². The van der Waals surface area contributed by atoms with Crippen molar-refractivity contribution in [3.05, 3.63) is 78.4 Å². The highest BCUT2D eigenvalue weighted by molar-refractivity contribution is 7.98. The Morgan fingerprint density at radius 1 is 1.15 bits per heavy atom. The van der Waals surface area contributed by atoms with Crippen molar-refractivity contribution in [1.82, 2.24) is 14.5 Å². The average Bonchev–Trinajstić information content (AvgIpc) is 3.36. The molecule has 136 valence electrons. The number of methoxy groups -OCH3 is 1. The Kier molecular flexibility index (Phi) is 4.98. The Bertz CT molecular complexity index is 1040. The Hall–Kier alpha value is -2.99. The van der Waals surface area contributed by atoms with E-state index in [9.17, 15) is 0 Å². The molecule has 5 nitrogen and oxygen atoms in total. The molecule has 6 heteroatoms. The van der Waals surface area contributed by atoms with Crippen molar-refractivity contribution in [3.63, 3.8) is 0 Å². The molecule has 0 saturated heterocycles. The molecule has 0 aliphatic carbocycles. The van der Waals surface area contributed by atoms with Crippen LogP contribution in [0.3, 0.4) is 0 Å². The van der Waals surface area contributed by atoms with Gasteiger partial charge in [0.05, 0.1) is 18.5 Å². The molecule has 0 aliphatic rings. The first kappa shape index (κ1) is 17.4. The summed E-state index contributed by atoms with van der Waals surface area (Å²) in [5, 5.41) is 0.892. The number of thioether (sulfide) groups is 1. The fraction of sp³-hybridized carbons (Fsp3) is 0.143. The second kappa shape index (κ2) is 7.72. The number of aryl methyl sites for hydroxylation is 1. The van der Waals surface area contributed by atoms with E-state index in [1.807, 2.05) is 47.2 Å². The van der Waals surface area contributed by atoms with Crippen molar-refractivity contribution < 1.29 is 9.15 Å². The lowest BCUT2D eigenvalue weighted by Crippen LogP contribution is -1.96. The van der Waals surface area contributed by atoms with E-state index in [1.165, 1.54) is 5.56 Å². The third-order valence-electron chi connectivity index (χ3n) is 4.14. The molecule has 0 saturated carbocycles. The van der Waals surface area contributed by atoms with E-state index in [0.29, 0.717) is 11.6 Å². The van der Waals surface area contributed by atoms with Gasteiger partial charge < -0.3 is 9.15 Å². The summed E-state index contributed by atoms with van der Waals surface area (Å²) in [6, 6.07) is 16.1. The fourth-order valence-corrected chi connectivity index (χ4v) is 3.54. The van der Waals surface area contributed by atoms with Crippen LogP contribution < -0.4 is 4.74 Å². The van der Waals surface area contributed by atoms with Crippen LogP contribution in [0.5, 0.6) is 5.75 Å². The number of benzene rings is 2. The van der Waals surface area contributed by atoms with Crippen molar-refractivity contribution in [2.24, 2.45) is 0 Å². The Labute approximate surface area is 162 Å². The highest BCUT2D eigenvalue weighted by atomic mass is 32.2. The quantitative estimate of drug-likeness (QED) is 0.436. The molecule has 27 heavy (non-hydrogen) atoms. The summed E-state index contributed by atoms with van der Waals surface area (Å²) in [5.41, 5.74) is 4.09. The smallest absolute Gasteiger partial charge is 0.226 e. The minimum atomic E-state index is 0.640. The van der Waals surface area contributed by atoms with Crippen LogP contribution in [-0.4, -0.2) is 21.6 Å². The summed E-state index contributed by atoms with van der Waals surface area (Å²) < 4.78 is 13.0.